The molecule has 2 heterocycles. The maximum absolute atomic E-state index is 13.3. The number of rotatable bonds is 5. The van der Waals surface area contributed by atoms with E-state index in [1.165, 1.54) is 19.2 Å². The molecule has 2 aliphatic heterocycles. The Labute approximate surface area is 164 Å². The lowest BCUT2D eigenvalue weighted by molar-refractivity contribution is -0.151. The minimum atomic E-state index is -0.286. The largest absolute Gasteiger partial charge is 0.469 e. The molecule has 1 aromatic rings. The molecule has 0 aromatic heterocycles. The zero-order chi connectivity index (χ0) is 20.1. The van der Waals surface area contributed by atoms with Crippen LogP contribution in [0, 0.1) is 17.7 Å². The Hall–Kier alpha value is -2.44. The Kier molecular flexibility index (Phi) is 6.65. The van der Waals surface area contributed by atoms with Gasteiger partial charge in [-0.3, -0.25) is 14.4 Å². The van der Waals surface area contributed by atoms with Gasteiger partial charge in [0.05, 0.1) is 18.9 Å². The molecule has 7 heteroatoms. The van der Waals surface area contributed by atoms with Gasteiger partial charge in [-0.1, -0.05) is 12.1 Å². The van der Waals surface area contributed by atoms with E-state index in [0.29, 0.717) is 58.3 Å². The predicted molar refractivity (Wildman–Crippen MR) is 101 cm³/mol. The van der Waals surface area contributed by atoms with Gasteiger partial charge < -0.3 is 14.5 Å². The molecule has 2 amide bonds. The zero-order valence-corrected chi connectivity index (χ0v) is 16.2. The van der Waals surface area contributed by atoms with Gasteiger partial charge in [-0.2, -0.15) is 0 Å². The first-order chi connectivity index (χ1) is 13.5. The number of benzene rings is 1. The molecular formula is C21H27FN2O4. The summed E-state index contributed by atoms with van der Waals surface area (Å²) in [6.07, 6.45) is 2.72. The van der Waals surface area contributed by atoms with E-state index < -0.39 is 0 Å². The van der Waals surface area contributed by atoms with E-state index >= 15 is 0 Å². The van der Waals surface area contributed by atoms with Crippen LogP contribution in [-0.2, 0) is 25.5 Å². The van der Waals surface area contributed by atoms with Gasteiger partial charge in [0, 0.05) is 32.6 Å². The standard InChI is InChI=1S/C21H27FN2O4/c1-28-21(27)16-8-11-23(12-9-16)20(26)17-5-6-19(25)24(14-17)10-7-15-3-2-4-18(22)13-15/h2-4,13,16-17H,5-12,14H2,1H3/t17-/m0/s1. The van der Waals surface area contributed by atoms with Crippen molar-refractivity contribution in [1.82, 2.24) is 9.80 Å². The van der Waals surface area contributed by atoms with Gasteiger partial charge in [0.15, 0.2) is 0 Å². The van der Waals surface area contributed by atoms with Crippen molar-refractivity contribution in [2.75, 3.05) is 33.3 Å². The fourth-order valence-corrected chi connectivity index (χ4v) is 4.05. The summed E-state index contributed by atoms with van der Waals surface area (Å²) in [5.41, 5.74) is 0.839. The van der Waals surface area contributed by atoms with Gasteiger partial charge in [-0.05, 0) is 43.4 Å². The number of hydrogen-bond acceptors (Lipinski definition) is 4. The fourth-order valence-electron chi connectivity index (χ4n) is 4.05. The van der Waals surface area contributed by atoms with Crippen LogP contribution in [0.15, 0.2) is 24.3 Å². The molecule has 0 spiro atoms. The summed E-state index contributed by atoms with van der Waals surface area (Å²) in [5.74, 6) is -0.731. The second-order valence-corrected chi connectivity index (χ2v) is 7.58. The Morgan fingerprint density at radius 2 is 1.93 bits per heavy atom. The van der Waals surface area contributed by atoms with E-state index in [2.05, 4.69) is 0 Å². The van der Waals surface area contributed by atoms with Crippen molar-refractivity contribution in [3.63, 3.8) is 0 Å². The number of piperidine rings is 2. The lowest BCUT2D eigenvalue weighted by Crippen LogP contribution is -2.49. The summed E-state index contributed by atoms with van der Waals surface area (Å²) in [7, 11) is 1.39. The summed E-state index contributed by atoms with van der Waals surface area (Å²) in [6, 6.07) is 6.37. The fraction of sp³-hybridized carbons (Fsp3) is 0.571. The molecule has 1 aromatic carbocycles. The van der Waals surface area contributed by atoms with E-state index in [0.717, 1.165) is 5.56 Å². The summed E-state index contributed by atoms with van der Waals surface area (Å²) >= 11 is 0. The maximum atomic E-state index is 13.3. The van der Waals surface area contributed by atoms with Crippen LogP contribution in [0.1, 0.15) is 31.2 Å². The number of likely N-dealkylation sites (tertiary alicyclic amines) is 2. The van der Waals surface area contributed by atoms with Crippen molar-refractivity contribution in [2.45, 2.75) is 32.1 Å². The van der Waals surface area contributed by atoms with Gasteiger partial charge in [0.25, 0.3) is 0 Å². The van der Waals surface area contributed by atoms with E-state index in [1.807, 2.05) is 11.0 Å². The minimum absolute atomic E-state index is 0.0462. The van der Waals surface area contributed by atoms with E-state index in [1.54, 1.807) is 11.0 Å². The maximum Gasteiger partial charge on any atom is 0.308 e. The summed E-state index contributed by atoms with van der Waals surface area (Å²) in [5, 5.41) is 0. The van der Waals surface area contributed by atoms with Gasteiger partial charge in [0.1, 0.15) is 5.82 Å². The Morgan fingerprint density at radius 3 is 2.61 bits per heavy atom. The molecule has 6 nitrogen and oxygen atoms in total. The Balaban J connectivity index is 1.53. The van der Waals surface area contributed by atoms with Crippen LogP contribution >= 0.6 is 0 Å². The second kappa shape index (κ2) is 9.17. The number of amides is 2. The van der Waals surface area contributed by atoms with Crippen LogP contribution in [0.5, 0.6) is 0 Å². The van der Waals surface area contributed by atoms with Crippen LogP contribution in [0.25, 0.3) is 0 Å². The van der Waals surface area contributed by atoms with Crippen LogP contribution in [-0.4, -0.2) is 60.9 Å². The van der Waals surface area contributed by atoms with Gasteiger partial charge >= 0.3 is 5.97 Å². The lowest BCUT2D eigenvalue weighted by atomic mass is 9.92. The monoisotopic (exact) mass is 390 g/mol. The van der Waals surface area contributed by atoms with E-state index in [-0.39, 0.29) is 35.4 Å². The number of carbonyl (C=O) groups excluding carboxylic acids is 3. The predicted octanol–water partition coefficient (Wildman–Crippen LogP) is 2.02. The molecule has 152 valence electrons. The highest BCUT2D eigenvalue weighted by Crippen LogP contribution is 2.24. The molecule has 0 radical (unpaired) electrons. The number of halogens is 1. The summed E-state index contributed by atoms with van der Waals surface area (Å²) in [6.45, 7) is 1.99. The third kappa shape index (κ3) is 4.88. The van der Waals surface area contributed by atoms with Crippen molar-refractivity contribution in [3.05, 3.63) is 35.6 Å². The van der Waals surface area contributed by atoms with Crippen LogP contribution in [0.2, 0.25) is 0 Å². The molecule has 0 bridgehead atoms. The first-order valence-corrected chi connectivity index (χ1v) is 9.86. The molecule has 0 N–H and O–H groups in total. The Bertz CT molecular complexity index is 731. The third-order valence-corrected chi connectivity index (χ3v) is 5.75. The van der Waals surface area contributed by atoms with Crippen molar-refractivity contribution in [1.29, 1.82) is 0 Å². The molecule has 2 saturated heterocycles. The van der Waals surface area contributed by atoms with Gasteiger partial charge in [-0.15, -0.1) is 0 Å². The number of esters is 1. The topological polar surface area (TPSA) is 66.9 Å². The number of carbonyl (C=O) groups is 3. The van der Waals surface area contributed by atoms with Crippen molar-refractivity contribution >= 4 is 17.8 Å². The highest BCUT2D eigenvalue weighted by molar-refractivity contribution is 5.84. The van der Waals surface area contributed by atoms with Crippen LogP contribution < -0.4 is 0 Å². The molecule has 2 aliphatic rings. The van der Waals surface area contributed by atoms with Crippen molar-refractivity contribution < 1.29 is 23.5 Å². The molecule has 3 rings (SSSR count). The summed E-state index contributed by atoms with van der Waals surface area (Å²) < 4.78 is 18.1. The number of nitrogens with zero attached hydrogens (tertiary/aromatic N) is 2. The number of methoxy groups -OCH3 is 1. The average molecular weight is 390 g/mol. The molecule has 0 aliphatic carbocycles. The minimum Gasteiger partial charge on any atom is -0.469 e. The first-order valence-electron chi connectivity index (χ1n) is 9.86. The quantitative estimate of drug-likeness (QED) is 0.722. The number of ether oxygens (including phenoxy) is 1. The molecular weight excluding hydrogens is 363 g/mol. The van der Waals surface area contributed by atoms with Gasteiger partial charge in [0.2, 0.25) is 11.8 Å². The Morgan fingerprint density at radius 1 is 1.18 bits per heavy atom. The normalized spacial score (nSPS) is 20.9. The molecule has 28 heavy (non-hydrogen) atoms. The molecule has 2 fully saturated rings. The van der Waals surface area contributed by atoms with Gasteiger partial charge in [-0.25, -0.2) is 4.39 Å². The van der Waals surface area contributed by atoms with Crippen LogP contribution in [0.3, 0.4) is 0 Å². The van der Waals surface area contributed by atoms with Crippen molar-refractivity contribution in [3.8, 4) is 0 Å². The molecule has 1 atom stereocenters. The second-order valence-electron chi connectivity index (χ2n) is 7.58. The average Bonchev–Trinajstić information content (AvgIpc) is 2.72. The first kappa shape index (κ1) is 20.3. The van der Waals surface area contributed by atoms with E-state index in [4.69, 9.17) is 4.74 Å². The smallest absolute Gasteiger partial charge is 0.308 e. The molecule has 0 unspecified atom stereocenters. The molecule has 0 saturated carbocycles. The van der Waals surface area contributed by atoms with E-state index in [9.17, 15) is 18.8 Å². The van der Waals surface area contributed by atoms with Crippen LogP contribution in [0.4, 0.5) is 4.39 Å². The highest BCUT2D eigenvalue weighted by atomic mass is 19.1. The SMILES string of the molecule is COC(=O)C1CCN(C(=O)[C@H]2CCC(=O)N(CCc3cccc(F)c3)C2)CC1. The van der Waals surface area contributed by atoms with Crippen molar-refractivity contribution in [2.24, 2.45) is 11.8 Å². The zero-order valence-electron chi connectivity index (χ0n) is 16.2. The number of hydrogen-bond donors (Lipinski definition) is 0. The lowest BCUT2D eigenvalue weighted by Gasteiger charge is -2.37. The summed E-state index contributed by atoms with van der Waals surface area (Å²) in [4.78, 5) is 40.3. The third-order valence-electron chi connectivity index (χ3n) is 5.75. The highest BCUT2D eigenvalue weighted by Gasteiger charge is 2.35.